The zero-order valence-corrected chi connectivity index (χ0v) is 21.9. The van der Waals surface area contributed by atoms with Crippen molar-refractivity contribution < 1.29 is 0 Å². The number of benzene rings is 1. The first kappa shape index (κ1) is 19.6. The summed E-state index contributed by atoms with van der Waals surface area (Å²) in [6.45, 7) is 2.21. The second-order valence-electron chi connectivity index (χ2n) is 5.01. The van der Waals surface area contributed by atoms with Gasteiger partial charge in [-0.05, 0) is 5.56 Å². The normalized spacial score (nSPS) is 30.9. The highest BCUT2D eigenvalue weighted by atomic mass is 79.9. The summed E-state index contributed by atoms with van der Waals surface area (Å²) in [5.74, 6) is 0.222. The number of allylic oxidation sites excluding steroid dienone is 2. The van der Waals surface area contributed by atoms with Crippen LogP contribution < -0.4 is 0 Å². The van der Waals surface area contributed by atoms with Crippen LogP contribution in [0.1, 0.15) is 18.4 Å². The average Bonchev–Trinajstić information content (AvgIpc) is 2.43. The van der Waals surface area contributed by atoms with Crippen molar-refractivity contribution in [1.29, 1.82) is 0 Å². The van der Waals surface area contributed by atoms with Gasteiger partial charge in [0.05, 0.1) is 4.32 Å². The van der Waals surface area contributed by atoms with Crippen molar-refractivity contribution in [2.24, 2.45) is 0 Å². The van der Waals surface area contributed by atoms with Crippen molar-refractivity contribution in [1.82, 2.24) is 0 Å². The largest absolute Gasteiger partial charge is 0.136 e. The molecule has 2 rings (SSSR count). The minimum atomic E-state index is -0.526. The molecule has 0 N–H and O–H groups in total. The average molecular weight is 739 g/mol. The van der Waals surface area contributed by atoms with E-state index in [4.69, 9.17) is 0 Å². The van der Waals surface area contributed by atoms with Crippen molar-refractivity contribution in [2.75, 3.05) is 0 Å². The molecule has 116 valence electrons. The number of hydrogen-bond donors (Lipinski definition) is 0. The zero-order chi connectivity index (χ0) is 16.1. The van der Waals surface area contributed by atoms with Gasteiger partial charge in [0.15, 0.2) is 0 Å². The van der Waals surface area contributed by atoms with Crippen LogP contribution in [0.3, 0.4) is 0 Å². The van der Waals surface area contributed by atoms with Gasteiger partial charge in [-0.15, -0.1) is 0 Å². The lowest BCUT2D eigenvalue weighted by molar-refractivity contribution is 0.519. The molecule has 0 aliphatic heterocycles. The Morgan fingerprint density at radius 2 is 1.29 bits per heavy atom. The van der Waals surface area contributed by atoms with Crippen LogP contribution in [-0.4, -0.2) is 14.0 Å². The summed E-state index contributed by atoms with van der Waals surface area (Å²) in [7, 11) is 0. The third kappa shape index (κ3) is 3.12. The first-order chi connectivity index (χ1) is 9.47. The Morgan fingerprint density at radius 3 is 1.81 bits per heavy atom. The van der Waals surface area contributed by atoms with Gasteiger partial charge in [-0.2, -0.15) is 0 Å². The van der Waals surface area contributed by atoms with Gasteiger partial charge < -0.3 is 0 Å². The summed E-state index contributed by atoms with van der Waals surface area (Å²) in [6, 6.07) is 10.4. The Bertz CT molecular complexity index is 550. The third-order valence-electron chi connectivity index (χ3n) is 3.76. The lowest BCUT2D eigenvalue weighted by atomic mass is 9.81. The highest BCUT2D eigenvalue weighted by Gasteiger charge is 2.68. The van der Waals surface area contributed by atoms with Crippen LogP contribution in [0.4, 0.5) is 0 Å². The van der Waals surface area contributed by atoms with Gasteiger partial charge in [0.25, 0.3) is 0 Å². The van der Waals surface area contributed by atoms with Gasteiger partial charge in [0.2, 0.25) is 0 Å². The number of hydrogen-bond acceptors (Lipinski definition) is 0. The molecule has 0 heterocycles. The summed E-state index contributed by atoms with van der Waals surface area (Å²) >= 11 is 26.7. The van der Waals surface area contributed by atoms with Crippen LogP contribution in [-0.2, 0) is 0 Å². The molecule has 2 unspecified atom stereocenters. The van der Waals surface area contributed by atoms with E-state index < -0.39 is 9.70 Å². The molecule has 2 atom stereocenters. The Labute approximate surface area is 184 Å². The molecule has 0 bridgehead atoms. The van der Waals surface area contributed by atoms with Crippen molar-refractivity contribution in [2.45, 2.75) is 26.9 Å². The maximum absolute atomic E-state index is 3.96. The van der Waals surface area contributed by atoms with Gasteiger partial charge in [0, 0.05) is 5.92 Å². The molecule has 0 fully saturated rings. The van der Waals surface area contributed by atoms with E-state index in [2.05, 4.69) is 155 Å². The minimum absolute atomic E-state index is 0.222. The molecular weight excluding hydrogens is 727 g/mol. The highest BCUT2D eigenvalue weighted by Crippen LogP contribution is 2.70. The molecule has 0 aromatic heterocycles. The minimum Gasteiger partial charge on any atom is -0.0775 e. The summed E-state index contributed by atoms with van der Waals surface area (Å²) < 4.78 is -1.86. The van der Waals surface area contributed by atoms with Crippen molar-refractivity contribution >= 4 is 112 Å². The Morgan fingerprint density at radius 1 is 0.762 bits per heavy atom. The first-order valence-corrected chi connectivity index (χ1v) is 11.6. The van der Waals surface area contributed by atoms with Crippen LogP contribution in [0.2, 0.25) is 0 Å². The van der Waals surface area contributed by atoms with Crippen LogP contribution in [0.25, 0.3) is 0 Å². The fraction of sp³-hybridized carbons (Fsp3) is 0.429. The SMILES string of the molecule is CC(c1ccccc1)C1(Br)C=CC(Br)(Br)C(Br)(Br)C1(Br)Br. The van der Waals surface area contributed by atoms with Crippen molar-refractivity contribution in [3.8, 4) is 0 Å². The van der Waals surface area contributed by atoms with Crippen LogP contribution in [0, 0.1) is 0 Å². The van der Waals surface area contributed by atoms with E-state index in [1.165, 1.54) is 5.56 Å². The predicted octanol–water partition coefficient (Wildman–Crippen LogP) is 7.95. The maximum Gasteiger partial charge on any atom is 0.136 e. The van der Waals surface area contributed by atoms with E-state index in [0.717, 1.165) is 0 Å². The van der Waals surface area contributed by atoms with Gasteiger partial charge in [0.1, 0.15) is 9.70 Å². The maximum atomic E-state index is 3.96. The first-order valence-electron chi connectivity index (χ1n) is 6.05. The van der Waals surface area contributed by atoms with Crippen molar-refractivity contribution in [3.05, 3.63) is 48.0 Å². The summed E-state index contributed by atoms with van der Waals surface area (Å²) in [4.78, 5) is 0. The summed E-state index contributed by atoms with van der Waals surface area (Å²) in [5, 5.41) is 0. The second kappa shape index (κ2) is 6.56. The van der Waals surface area contributed by atoms with Crippen LogP contribution in [0.15, 0.2) is 42.5 Å². The molecule has 1 aromatic rings. The Balaban J connectivity index is 2.57. The van der Waals surface area contributed by atoms with Crippen LogP contribution in [0.5, 0.6) is 0 Å². The molecule has 0 amide bonds. The molecular formula is C14H11Br7. The monoisotopic (exact) mass is 732 g/mol. The van der Waals surface area contributed by atoms with E-state index >= 15 is 0 Å². The lowest BCUT2D eigenvalue weighted by Gasteiger charge is -2.54. The molecule has 0 nitrogen and oxygen atoms in total. The third-order valence-corrected chi connectivity index (χ3v) is 17.3. The van der Waals surface area contributed by atoms with Gasteiger partial charge >= 0.3 is 0 Å². The van der Waals surface area contributed by atoms with Gasteiger partial charge in [-0.1, -0.05) is 161 Å². The summed E-state index contributed by atoms with van der Waals surface area (Å²) in [6.07, 6.45) is 4.25. The molecule has 1 aromatic carbocycles. The molecule has 7 heteroatoms. The molecule has 1 aliphatic carbocycles. The molecule has 0 saturated heterocycles. The smallest absolute Gasteiger partial charge is 0.0775 e. The highest BCUT2D eigenvalue weighted by molar-refractivity contribution is 9.33. The van der Waals surface area contributed by atoms with Gasteiger partial charge in [-0.25, -0.2) is 0 Å². The van der Waals surface area contributed by atoms with E-state index in [1.54, 1.807) is 0 Å². The number of rotatable bonds is 2. The fourth-order valence-corrected chi connectivity index (χ4v) is 7.93. The predicted molar refractivity (Wildman–Crippen MR) is 117 cm³/mol. The molecule has 1 aliphatic rings. The molecule has 0 spiro atoms. The quantitative estimate of drug-likeness (QED) is 0.214. The standard InChI is InChI=1S/C14H11Br7/c1-9(10-5-3-2-4-6-10)11(15)7-8-12(16,17)14(20,21)13(11,18)19/h2-9H,1H3. The molecule has 0 radical (unpaired) electrons. The van der Waals surface area contributed by atoms with Crippen molar-refractivity contribution in [3.63, 3.8) is 0 Å². The van der Waals surface area contributed by atoms with Crippen LogP contribution >= 0.6 is 112 Å². The summed E-state index contributed by atoms with van der Waals surface area (Å²) in [5.41, 5.74) is 1.26. The Kier molecular flexibility index (Phi) is 6.14. The van der Waals surface area contributed by atoms with E-state index in [0.29, 0.717) is 0 Å². The number of halogens is 7. The second-order valence-corrected chi connectivity index (χ2v) is 16.8. The lowest BCUT2D eigenvalue weighted by Crippen LogP contribution is -2.61. The van der Waals surface area contributed by atoms with E-state index in [9.17, 15) is 0 Å². The fourth-order valence-electron chi connectivity index (χ4n) is 2.29. The Hall–Kier alpha value is 2.32. The number of alkyl halides is 7. The van der Waals surface area contributed by atoms with E-state index in [1.807, 2.05) is 6.07 Å². The zero-order valence-electron chi connectivity index (χ0n) is 10.8. The molecule has 0 saturated carbocycles. The van der Waals surface area contributed by atoms with Gasteiger partial charge in [-0.3, -0.25) is 0 Å². The topological polar surface area (TPSA) is 0 Å². The molecule has 21 heavy (non-hydrogen) atoms. The van der Waals surface area contributed by atoms with E-state index in [-0.39, 0.29) is 10.2 Å².